The molecule has 29 heteroatoms. The minimum atomic E-state index is -0.297. The number of ether oxygens (including phenoxy) is 5. The molecule has 140 heavy (non-hydrogen) atoms. The number of pyridine rings is 5. The third kappa shape index (κ3) is 26.1. The van der Waals surface area contributed by atoms with E-state index in [4.69, 9.17) is 23.7 Å². The number of ketones is 2. The average molecular weight is 1880 g/mol. The molecule has 0 aliphatic rings. The number of aryl methyl sites for hydroxylation is 2. The largest absolute Gasteiger partial charge is 0.489 e. The fourth-order valence-electron chi connectivity index (χ4n) is 14.8. The van der Waals surface area contributed by atoms with Crippen LogP contribution in [0, 0.1) is 29.1 Å². The molecule has 20 rings (SSSR count). The Labute approximate surface area is 800 Å². The maximum Gasteiger partial charge on any atom is 0.268 e. The number of carbonyl (C=O) groups excluding carboxylic acids is 5. The highest BCUT2D eigenvalue weighted by molar-refractivity contribution is 6.01. The number of fused-ring (bicyclic) bond motifs is 5. The number of hydrogen-bond acceptors (Lipinski definition) is 16. The van der Waals surface area contributed by atoms with Gasteiger partial charge in [0.15, 0.2) is 17.2 Å². The zero-order chi connectivity index (χ0) is 96.7. The lowest BCUT2D eigenvalue weighted by atomic mass is 10.0. The van der Waals surface area contributed by atoms with Crippen LogP contribution in [-0.2, 0) is 65.5 Å². The van der Waals surface area contributed by atoms with Gasteiger partial charge < -0.3 is 52.8 Å². The highest BCUT2D eigenvalue weighted by atomic mass is 19.1. The number of nitrogens with one attached hydrogen (secondary N) is 3. The molecular weight excluding hydrogens is 1780 g/mol. The van der Waals surface area contributed by atoms with Crippen molar-refractivity contribution >= 4 is 57.0 Å². The van der Waals surface area contributed by atoms with Crippen LogP contribution in [0.25, 0.3) is 27.7 Å². The number of Topliss-reactive ketones (excluding diaryl/α,β-unsaturated/α-hetero) is 2. The molecule has 10 aromatic carbocycles. The smallest absolute Gasteiger partial charge is 0.268 e. The topological polar surface area (TPSA) is 267 Å². The summed E-state index contributed by atoms with van der Waals surface area (Å²) in [4.78, 5) is 78.9. The first-order valence-corrected chi connectivity index (χ1v) is 44.6. The van der Waals surface area contributed by atoms with Crippen molar-refractivity contribution < 1.29 is 69.6 Å². The Morgan fingerprint density at radius 2 is 0.693 bits per heavy atom. The zero-order valence-electron chi connectivity index (χ0n) is 75.3. The molecule has 0 radical (unpaired) electrons. The van der Waals surface area contributed by atoms with Crippen molar-refractivity contribution in [1.29, 1.82) is 0 Å². The number of halogens is 5. The quantitative estimate of drug-likeness (QED) is 0.0261. The molecule has 0 aliphatic carbocycles. The van der Waals surface area contributed by atoms with Crippen molar-refractivity contribution in [3.05, 3.63) is 503 Å². The van der Waals surface area contributed by atoms with Crippen molar-refractivity contribution in [1.82, 2.24) is 68.1 Å². The number of hydrogen-bond donors (Lipinski definition) is 3. The van der Waals surface area contributed by atoms with Crippen LogP contribution in [0.3, 0.4) is 0 Å². The third-order valence-electron chi connectivity index (χ3n) is 22.3. The van der Waals surface area contributed by atoms with Gasteiger partial charge in [-0.3, -0.25) is 32.8 Å². The van der Waals surface area contributed by atoms with E-state index in [0.717, 1.165) is 49.9 Å². The summed E-state index contributed by atoms with van der Waals surface area (Å²) < 4.78 is 106. The first-order chi connectivity index (χ1) is 68.5. The van der Waals surface area contributed by atoms with E-state index in [1.807, 2.05) is 161 Å². The molecule has 24 nitrogen and oxygen atoms in total. The van der Waals surface area contributed by atoms with Crippen LogP contribution in [-0.4, -0.2) is 81.4 Å². The van der Waals surface area contributed by atoms with E-state index >= 15 is 0 Å². The second kappa shape index (κ2) is 47.3. The van der Waals surface area contributed by atoms with Crippen LogP contribution in [0.5, 0.6) is 28.7 Å². The van der Waals surface area contributed by atoms with Gasteiger partial charge in [0.2, 0.25) is 0 Å². The van der Waals surface area contributed by atoms with E-state index in [0.29, 0.717) is 136 Å². The molecule has 0 saturated carbocycles. The average Bonchev–Trinajstić information content (AvgIpc) is 1.67. The molecule has 0 fully saturated rings. The minimum Gasteiger partial charge on any atom is -0.489 e. The normalized spacial score (nSPS) is 10.8. The van der Waals surface area contributed by atoms with Gasteiger partial charge in [0.1, 0.15) is 109 Å². The third-order valence-corrected chi connectivity index (χ3v) is 22.3. The lowest BCUT2D eigenvalue weighted by Gasteiger charge is -2.10. The molecule has 20 aromatic rings. The number of rotatable bonds is 32. The van der Waals surface area contributed by atoms with Crippen molar-refractivity contribution in [2.45, 2.75) is 78.4 Å². The maximum atomic E-state index is 13.7. The number of imidazole rings is 4. The number of benzene rings is 10. The van der Waals surface area contributed by atoms with E-state index in [-0.39, 0.29) is 91.4 Å². The Morgan fingerprint density at radius 1 is 0.300 bits per heavy atom. The van der Waals surface area contributed by atoms with Gasteiger partial charge in [-0.15, -0.1) is 10.2 Å². The molecular formula is C111H91F5N14O10. The van der Waals surface area contributed by atoms with Crippen molar-refractivity contribution in [2.24, 2.45) is 0 Å². The van der Waals surface area contributed by atoms with Crippen LogP contribution < -0.4 is 39.6 Å². The summed E-state index contributed by atoms with van der Waals surface area (Å²) in [5.74, 6) is 1.28. The Bertz CT molecular complexity index is 7090. The van der Waals surface area contributed by atoms with Crippen molar-refractivity contribution in [3.63, 3.8) is 0 Å². The fraction of sp³-hybridized carbons (Fsp3) is 0.108. The highest BCUT2D eigenvalue weighted by Crippen LogP contribution is 2.26. The van der Waals surface area contributed by atoms with Gasteiger partial charge in [-0.1, -0.05) is 164 Å². The van der Waals surface area contributed by atoms with Gasteiger partial charge in [-0.25, -0.2) is 41.9 Å². The summed E-state index contributed by atoms with van der Waals surface area (Å²) in [5, 5.41) is 16.4. The Balaban J connectivity index is 0.000000126. The lowest BCUT2D eigenvalue weighted by molar-refractivity contribution is 0.0936. The lowest BCUT2D eigenvalue weighted by Crippen LogP contribution is -2.24. The molecule has 0 aliphatic heterocycles. The van der Waals surface area contributed by atoms with Gasteiger partial charge >= 0.3 is 0 Å². The van der Waals surface area contributed by atoms with Crippen LogP contribution in [0.15, 0.2) is 390 Å². The van der Waals surface area contributed by atoms with Crippen LogP contribution in [0.2, 0.25) is 0 Å². The summed E-state index contributed by atoms with van der Waals surface area (Å²) in [6, 6.07) is 91.5. The van der Waals surface area contributed by atoms with Crippen LogP contribution in [0.1, 0.15) is 121 Å². The zero-order valence-corrected chi connectivity index (χ0v) is 75.3. The summed E-state index contributed by atoms with van der Waals surface area (Å²) in [7, 11) is 0. The van der Waals surface area contributed by atoms with Gasteiger partial charge in [0, 0.05) is 90.0 Å². The van der Waals surface area contributed by atoms with Crippen LogP contribution >= 0.6 is 0 Å². The monoisotopic (exact) mass is 1870 g/mol. The van der Waals surface area contributed by atoms with Crippen molar-refractivity contribution in [2.75, 3.05) is 0 Å². The Hall–Kier alpha value is -18.0. The predicted molar refractivity (Wildman–Crippen MR) is 518 cm³/mol. The second-order valence-corrected chi connectivity index (χ2v) is 32.0. The standard InChI is InChI=1S/2C23H19FN2O2.2C22H18FN3O2.C21H17FN4O2/c24-22-7-2-1-5-19(22)15-28-21-6-3-4-17(12-21)8-11-23(27)18-9-10-20-13-25-16-26(20)14-18;24-22-7-2-1-5-19(22)15-28-21-6-3-4-17(12-21)8-9-23(27)18-10-11-26-16-25-14-20(26)13-18;23-20-9-2-1-6-17(20)14-28-19-8-3-5-16(11-19)12-25-22(27)21-10-4-7-18-13-24-15-26(18)21;23-20-9-2-1-6-17(20)14-28-18-7-3-5-16(11-18)12-25-22(27)19-8-4-10-26-15-24-13-21(19)26;22-18-8-2-1-6-16(18)13-28-17-7-3-5-15(11-17)12-23-21(27)19-9-4-10-20-25-24-14-26(19)20/h1-7,9-10,12-14,16H,8,11,15H2;1-7,10-14,16H,8-9,15H2;2*1-11,13,15H,12,14H2,(H,25,27);1-11,14H,12-13H2,(H,23,27). The van der Waals surface area contributed by atoms with E-state index < -0.39 is 0 Å². The highest BCUT2D eigenvalue weighted by Gasteiger charge is 2.18. The number of amides is 3. The van der Waals surface area contributed by atoms with Crippen LogP contribution in [0.4, 0.5) is 22.0 Å². The first-order valence-electron chi connectivity index (χ1n) is 44.6. The molecule has 0 spiro atoms. The SMILES string of the molecule is O=C(CCc1cccc(OCc2ccccc2F)c1)c1ccc2cncn2c1.O=C(CCc1cccc(OCc2ccccc2F)c1)c1ccn2cncc2c1.O=C(NCc1cccc(OCc2ccccc2F)c1)c1cccc2cncn12.O=C(NCc1cccc(OCc2ccccc2F)c1)c1cccc2nncn12.O=C(NCc1cccc(OCc2ccccc2F)c1)c1cccn2cncc12. The fourth-order valence-corrected chi connectivity index (χ4v) is 14.8. The maximum absolute atomic E-state index is 13.7. The van der Waals surface area contributed by atoms with E-state index in [2.05, 4.69) is 46.1 Å². The van der Waals surface area contributed by atoms with E-state index in [9.17, 15) is 45.9 Å². The van der Waals surface area contributed by atoms with E-state index in [1.165, 1.54) is 36.7 Å². The first kappa shape index (κ1) is 95.1. The summed E-state index contributed by atoms with van der Waals surface area (Å²) >= 11 is 0. The van der Waals surface area contributed by atoms with Gasteiger partial charge in [0.25, 0.3) is 17.7 Å². The molecule has 10 heterocycles. The van der Waals surface area contributed by atoms with Gasteiger partial charge in [-0.2, -0.15) is 0 Å². The molecule has 0 saturated heterocycles. The second-order valence-electron chi connectivity index (χ2n) is 32.0. The molecule has 0 unspecified atom stereocenters. The Kier molecular flexibility index (Phi) is 32.1. The molecule has 10 aromatic heterocycles. The predicted octanol–water partition coefficient (Wildman–Crippen LogP) is 21.1. The minimum absolute atomic E-state index is 0.0771. The van der Waals surface area contributed by atoms with Crippen molar-refractivity contribution in [3.8, 4) is 28.7 Å². The number of aromatic nitrogens is 11. The molecule has 700 valence electrons. The molecule has 3 amide bonds. The summed E-state index contributed by atoms with van der Waals surface area (Å²) in [5.41, 5.74) is 14.1. The summed E-state index contributed by atoms with van der Waals surface area (Å²) in [6.45, 7) is 1.79. The molecule has 3 N–H and O–H groups in total. The number of carbonyl (C=O) groups is 5. The molecule has 0 bridgehead atoms. The van der Waals surface area contributed by atoms with Gasteiger partial charge in [0.05, 0.1) is 77.7 Å². The summed E-state index contributed by atoms with van der Waals surface area (Å²) in [6.07, 6.45) is 22.5. The Morgan fingerprint density at radius 3 is 1.18 bits per heavy atom. The molecule has 0 atom stereocenters. The number of nitrogens with zero attached hydrogens (tertiary/aromatic N) is 11. The van der Waals surface area contributed by atoms with E-state index in [1.54, 1.807) is 215 Å². The van der Waals surface area contributed by atoms with Gasteiger partial charge in [-0.05, 0) is 192 Å².